The van der Waals surface area contributed by atoms with Gasteiger partial charge in [0.25, 0.3) is 5.69 Å². The number of carbonyl (C=O) groups excluding carboxylic acids is 4. The van der Waals surface area contributed by atoms with Crippen LogP contribution in [0.25, 0.3) is 0 Å². The molecule has 1 aromatic carbocycles. The fourth-order valence-electron chi connectivity index (χ4n) is 8.48. The lowest BCUT2D eigenvalue weighted by molar-refractivity contribution is -0.384. The molecule has 5 rings (SSSR count). The predicted molar refractivity (Wildman–Crippen MR) is 157 cm³/mol. The van der Waals surface area contributed by atoms with Gasteiger partial charge < -0.3 is 29.7 Å². The molecule has 14 heteroatoms. The summed E-state index contributed by atoms with van der Waals surface area (Å²) in [5.41, 5.74) is -6.10. The van der Waals surface area contributed by atoms with Gasteiger partial charge in [-0.3, -0.25) is 19.7 Å². The average Bonchev–Trinajstić information content (AvgIpc) is 3.20. The van der Waals surface area contributed by atoms with E-state index in [4.69, 9.17) is 14.2 Å². The van der Waals surface area contributed by atoms with Gasteiger partial charge in [0.15, 0.2) is 18.1 Å². The van der Waals surface area contributed by atoms with Crippen molar-refractivity contribution < 1.29 is 52.9 Å². The largest absolute Gasteiger partial charge is 0.513 e. The van der Waals surface area contributed by atoms with Gasteiger partial charge in [0.05, 0.1) is 17.6 Å². The minimum absolute atomic E-state index is 0.0146. The number of benzene rings is 1. The standard InChI is InChI=1S/C32H37FN2O11/c1-18-14-24-23-9-4-19-15-21(36)10-11-29(19,2)31(23,33)25(37)16-30(24,3)32(18,41)26(38)17-45-27(39)34-12-13-44-28(40)46-22-7-5-20(6-8-22)35(42)43/h5-8,10-11,15,18,23-25,37,41H,4,9,12-14,16-17H2,1-3H3,(H,34,39)/t18-,23?,24?,25?,29?,30?,31+,32+/m1/s1. The second-order valence-electron chi connectivity index (χ2n) is 13.0. The third kappa shape index (κ3) is 5.16. The first-order valence-electron chi connectivity index (χ1n) is 15.1. The quantitative estimate of drug-likeness (QED) is 0.123. The Morgan fingerprint density at radius 1 is 1.15 bits per heavy atom. The van der Waals surface area contributed by atoms with Gasteiger partial charge in [-0.25, -0.2) is 14.0 Å². The van der Waals surface area contributed by atoms with Crippen LogP contribution in [0.2, 0.25) is 0 Å². The molecule has 0 aliphatic heterocycles. The van der Waals surface area contributed by atoms with Crippen molar-refractivity contribution in [1.82, 2.24) is 5.32 Å². The number of nitrogens with one attached hydrogen (secondary N) is 1. The van der Waals surface area contributed by atoms with E-state index in [1.165, 1.54) is 30.4 Å². The number of nitro benzene ring substituents is 1. The van der Waals surface area contributed by atoms with Gasteiger partial charge >= 0.3 is 12.2 Å². The van der Waals surface area contributed by atoms with Crippen molar-refractivity contribution in [1.29, 1.82) is 0 Å². The number of halogens is 1. The summed E-state index contributed by atoms with van der Waals surface area (Å²) in [6.45, 7) is 3.76. The lowest BCUT2D eigenvalue weighted by Crippen LogP contribution is -2.69. The summed E-state index contributed by atoms with van der Waals surface area (Å²) in [5, 5.41) is 36.4. The number of fused-ring (bicyclic) bond motifs is 5. The lowest BCUT2D eigenvalue weighted by Gasteiger charge is -2.62. The maximum atomic E-state index is 17.3. The maximum Gasteiger partial charge on any atom is 0.513 e. The van der Waals surface area contributed by atoms with Crippen LogP contribution >= 0.6 is 0 Å². The number of rotatable bonds is 8. The molecule has 3 N–H and O–H groups in total. The molecular formula is C32H37FN2O11. The SMILES string of the molecule is C[C@@H]1CC2C3CCC4=CC(=O)C=CC4(C)[C@@]3(F)C(O)CC2(C)[C@@]1(O)C(=O)COC(=O)NCCOC(=O)Oc1ccc([N+](=O)[O-])cc1. The number of hydrogen-bond donors (Lipinski definition) is 3. The van der Waals surface area contributed by atoms with Crippen molar-refractivity contribution in [3.63, 3.8) is 0 Å². The topological polar surface area (TPSA) is 192 Å². The van der Waals surface area contributed by atoms with Gasteiger partial charge in [-0.15, -0.1) is 0 Å². The number of allylic oxidation sites excluding steroid dienone is 4. The molecule has 4 aliphatic rings. The highest BCUT2D eigenvalue weighted by Gasteiger charge is 2.75. The molecule has 0 spiro atoms. The monoisotopic (exact) mass is 644 g/mol. The van der Waals surface area contributed by atoms with Crippen LogP contribution in [0.4, 0.5) is 19.7 Å². The zero-order valence-electron chi connectivity index (χ0n) is 25.7. The van der Waals surface area contributed by atoms with Crippen LogP contribution in [0.1, 0.15) is 46.5 Å². The minimum atomic E-state index is -2.11. The van der Waals surface area contributed by atoms with Crippen LogP contribution in [0.15, 0.2) is 48.1 Å². The molecule has 0 radical (unpaired) electrons. The number of nitrogens with zero attached hydrogens (tertiary/aromatic N) is 1. The van der Waals surface area contributed by atoms with Crippen LogP contribution < -0.4 is 10.1 Å². The van der Waals surface area contributed by atoms with Crippen molar-refractivity contribution in [2.45, 2.75) is 63.8 Å². The summed E-state index contributed by atoms with van der Waals surface area (Å²) >= 11 is 0. The van der Waals surface area contributed by atoms with Crippen molar-refractivity contribution in [3.05, 3.63) is 58.2 Å². The average molecular weight is 645 g/mol. The van der Waals surface area contributed by atoms with Gasteiger partial charge in [0.1, 0.15) is 18.0 Å². The number of hydrogen-bond acceptors (Lipinski definition) is 11. The number of non-ortho nitro benzene ring substituents is 1. The van der Waals surface area contributed by atoms with E-state index in [0.717, 1.165) is 12.1 Å². The van der Waals surface area contributed by atoms with Gasteiger partial charge in [-0.2, -0.15) is 0 Å². The van der Waals surface area contributed by atoms with E-state index in [1.54, 1.807) is 20.8 Å². The smallest absolute Gasteiger partial charge is 0.441 e. The van der Waals surface area contributed by atoms with Gasteiger partial charge in [-0.1, -0.05) is 25.5 Å². The second kappa shape index (κ2) is 11.9. The molecule has 0 aromatic heterocycles. The highest BCUT2D eigenvalue weighted by Crippen LogP contribution is 2.70. The third-order valence-corrected chi connectivity index (χ3v) is 10.8. The van der Waals surface area contributed by atoms with E-state index in [1.807, 2.05) is 0 Å². The summed E-state index contributed by atoms with van der Waals surface area (Å²) in [5.74, 6) is -2.77. The Kier molecular flexibility index (Phi) is 8.58. The fourth-order valence-corrected chi connectivity index (χ4v) is 8.48. The molecule has 8 atom stereocenters. The molecule has 5 unspecified atom stereocenters. The number of nitro groups is 1. The number of Topliss-reactive ketones (excluding diaryl/α,β-unsaturated/α-hetero) is 1. The van der Waals surface area contributed by atoms with Crippen LogP contribution in [-0.2, 0) is 19.1 Å². The van der Waals surface area contributed by atoms with E-state index in [0.29, 0.717) is 24.8 Å². The highest BCUT2D eigenvalue weighted by atomic mass is 19.1. The number of aliphatic hydroxyl groups excluding tert-OH is 1. The molecule has 4 aliphatic carbocycles. The van der Waals surface area contributed by atoms with E-state index in [9.17, 15) is 39.5 Å². The first kappa shape index (κ1) is 33.2. The number of ether oxygens (including phenoxy) is 3. The molecule has 0 saturated heterocycles. The number of amides is 1. The summed E-state index contributed by atoms with van der Waals surface area (Å²) in [6, 6.07) is 4.74. The molecule has 13 nitrogen and oxygen atoms in total. The summed E-state index contributed by atoms with van der Waals surface area (Å²) in [7, 11) is 0. The van der Waals surface area contributed by atoms with Crippen LogP contribution in [-0.4, -0.2) is 76.1 Å². The summed E-state index contributed by atoms with van der Waals surface area (Å²) in [4.78, 5) is 59.8. The van der Waals surface area contributed by atoms with Crippen molar-refractivity contribution in [2.75, 3.05) is 19.8 Å². The Morgan fingerprint density at radius 3 is 2.52 bits per heavy atom. The first-order valence-corrected chi connectivity index (χ1v) is 15.1. The Morgan fingerprint density at radius 2 is 1.85 bits per heavy atom. The Labute approximate surface area is 263 Å². The van der Waals surface area contributed by atoms with Crippen LogP contribution in [0.5, 0.6) is 5.75 Å². The number of carbonyl (C=O) groups is 4. The Hall–Kier alpha value is -4.17. The predicted octanol–water partition coefficient (Wildman–Crippen LogP) is 3.75. The van der Waals surface area contributed by atoms with Crippen molar-refractivity contribution >= 4 is 29.5 Å². The molecule has 248 valence electrons. The van der Waals surface area contributed by atoms with Gasteiger partial charge in [-0.05, 0) is 68.7 Å². The number of ketones is 2. The Bertz CT molecular complexity index is 1510. The maximum absolute atomic E-state index is 17.3. The van der Waals surface area contributed by atoms with E-state index < -0.39 is 75.5 Å². The number of aliphatic hydroxyl groups is 2. The normalized spacial score (nSPS) is 36.0. The molecule has 1 amide bonds. The molecule has 46 heavy (non-hydrogen) atoms. The van der Waals surface area contributed by atoms with Crippen molar-refractivity contribution in [2.24, 2.45) is 28.6 Å². The van der Waals surface area contributed by atoms with Crippen LogP contribution in [0.3, 0.4) is 0 Å². The zero-order chi connectivity index (χ0) is 33.7. The van der Waals surface area contributed by atoms with Gasteiger partial charge in [0, 0.05) is 28.9 Å². The zero-order valence-corrected chi connectivity index (χ0v) is 25.7. The number of alkyl halides is 1. The molecule has 0 heterocycles. The fraction of sp³-hybridized carbons (Fsp3) is 0.562. The number of alkyl carbamates (subject to hydrolysis) is 1. The first-order chi connectivity index (χ1) is 21.6. The third-order valence-electron chi connectivity index (χ3n) is 10.8. The van der Waals surface area contributed by atoms with Gasteiger partial charge in [0.2, 0.25) is 5.78 Å². The molecule has 3 fully saturated rings. The van der Waals surface area contributed by atoms with Crippen molar-refractivity contribution in [3.8, 4) is 5.75 Å². The van der Waals surface area contributed by atoms with E-state index >= 15 is 4.39 Å². The summed E-state index contributed by atoms with van der Waals surface area (Å²) < 4.78 is 32.1. The van der Waals surface area contributed by atoms with E-state index in [2.05, 4.69) is 5.32 Å². The molecule has 0 bridgehead atoms. The lowest BCUT2D eigenvalue weighted by atomic mass is 9.44. The molecule has 1 aromatic rings. The summed E-state index contributed by atoms with van der Waals surface area (Å²) in [6.07, 6.45) is 1.55. The Balaban J connectivity index is 1.16. The second-order valence-corrected chi connectivity index (χ2v) is 13.0. The van der Waals surface area contributed by atoms with E-state index in [-0.39, 0.29) is 36.8 Å². The molecule has 3 saturated carbocycles. The van der Waals surface area contributed by atoms with Crippen LogP contribution in [0, 0.1) is 38.7 Å². The highest BCUT2D eigenvalue weighted by molar-refractivity contribution is 6.01. The molecular weight excluding hydrogens is 607 g/mol. The minimum Gasteiger partial charge on any atom is -0.441 e.